The highest BCUT2D eigenvalue weighted by Gasteiger charge is 2.19. The van der Waals surface area contributed by atoms with Crippen LogP contribution in [0.15, 0.2) is 24.3 Å². The number of rotatable bonds is 4. The summed E-state index contributed by atoms with van der Waals surface area (Å²) in [6.07, 6.45) is 0. The largest absolute Gasteiger partial charge is 0.348 e. The van der Waals surface area contributed by atoms with Crippen molar-refractivity contribution in [2.24, 2.45) is 11.7 Å². The van der Waals surface area contributed by atoms with E-state index >= 15 is 0 Å². The van der Waals surface area contributed by atoms with Gasteiger partial charge in [0, 0.05) is 0 Å². The number of carbonyl (C=O) groups excluding carboxylic acids is 1. The molecule has 0 aliphatic heterocycles. The van der Waals surface area contributed by atoms with Crippen LogP contribution < -0.4 is 11.1 Å². The van der Waals surface area contributed by atoms with E-state index in [2.05, 4.69) is 5.32 Å². The zero-order valence-corrected chi connectivity index (χ0v) is 10.4. The van der Waals surface area contributed by atoms with Crippen molar-refractivity contribution < 1.29 is 9.18 Å². The second kappa shape index (κ2) is 5.77. The summed E-state index contributed by atoms with van der Waals surface area (Å²) in [6, 6.07) is 5.39. The highest BCUT2D eigenvalue weighted by molar-refractivity contribution is 5.82. The maximum Gasteiger partial charge on any atom is 0.237 e. The summed E-state index contributed by atoms with van der Waals surface area (Å²) in [4.78, 5) is 11.7. The van der Waals surface area contributed by atoms with Gasteiger partial charge in [-0.3, -0.25) is 4.79 Å². The van der Waals surface area contributed by atoms with Gasteiger partial charge in [0.15, 0.2) is 0 Å². The number of halogens is 1. The Morgan fingerprint density at radius 1 is 1.35 bits per heavy atom. The van der Waals surface area contributed by atoms with Crippen molar-refractivity contribution in [1.82, 2.24) is 5.32 Å². The first-order chi connectivity index (χ1) is 7.91. The van der Waals surface area contributed by atoms with Crippen LogP contribution in [0.4, 0.5) is 4.39 Å². The minimum Gasteiger partial charge on any atom is -0.348 e. The molecule has 1 rings (SSSR count). The number of hydrogen-bond acceptors (Lipinski definition) is 2. The molecule has 0 spiro atoms. The lowest BCUT2D eigenvalue weighted by atomic mass is 10.0. The number of benzene rings is 1. The van der Waals surface area contributed by atoms with E-state index in [-0.39, 0.29) is 23.7 Å². The van der Waals surface area contributed by atoms with Gasteiger partial charge in [-0.25, -0.2) is 4.39 Å². The predicted octanol–water partition coefficient (Wildman–Crippen LogP) is 1.99. The Bertz CT molecular complexity index is 393. The molecular weight excluding hydrogens is 219 g/mol. The molecule has 2 atom stereocenters. The molecule has 0 bridgehead atoms. The Labute approximate surface area is 101 Å². The van der Waals surface area contributed by atoms with E-state index in [1.165, 1.54) is 12.1 Å². The van der Waals surface area contributed by atoms with E-state index in [1.807, 2.05) is 13.8 Å². The fraction of sp³-hybridized carbons (Fsp3) is 0.462. The first-order valence-electron chi connectivity index (χ1n) is 5.73. The lowest BCUT2D eigenvalue weighted by Crippen LogP contribution is -2.44. The van der Waals surface area contributed by atoms with Crippen LogP contribution in [0.3, 0.4) is 0 Å². The van der Waals surface area contributed by atoms with Crippen molar-refractivity contribution >= 4 is 5.91 Å². The van der Waals surface area contributed by atoms with Crippen molar-refractivity contribution in [3.8, 4) is 0 Å². The monoisotopic (exact) mass is 238 g/mol. The topological polar surface area (TPSA) is 55.1 Å². The summed E-state index contributed by atoms with van der Waals surface area (Å²) >= 11 is 0. The van der Waals surface area contributed by atoms with Crippen molar-refractivity contribution in [3.05, 3.63) is 35.6 Å². The Kier molecular flexibility index (Phi) is 4.63. The molecule has 0 aliphatic carbocycles. The predicted molar refractivity (Wildman–Crippen MR) is 65.8 cm³/mol. The summed E-state index contributed by atoms with van der Waals surface area (Å²) in [6.45, 7) is 5.58. The molecule has 0 aliphatic rings. The SMILES string of the molecule is CC(C)[C@H](N)C(=O)N[C@H](C)c1cccc(F)c1. The molecule has 3 nitrogen and oxygen atoms in total. The molecule has 0 unspecified atom stereocenters. The van der Waals surface area contributed by atoms with Crippen molar-refractivity contribution in [1.29, 1.82) is 0 Å². The summed E-state index contributed by atoms with van der Waals surface area (Å²) in [5, 5.41) is 2.77. The van der Waals surface area contributed by atoms with Crippen molar-refractivity contribution in [2.75, 3.05) is 0 Å². The van der Waals surface area contributed by atoms with Crippen LogP contribution in [0.2, 0.25) is 0 Å². The third-order valence-corrected chi connectivity index (χ3v) is 2.73. The third-order valence-electron chi connectivity index (χ3n) is 2.73. The van der Waals surface area contributed by atoms with Gasteiger partial charge in [0.05, 0.1) is 12.1 Å². The highest BCUT2D eigenvalue weighted by Crippen LogP contribution is 2.13. The lowest BCUT2D eigenvalue weighted by molar-refractivity contribution is -0.123. The molecule has 1 amide bonds. The van der Waals surface area contributed by atoms with Crippen LogP contribution in [0, 0.1) is 11.7 Å². The van der Waals surface area contributed by atoms with Crippen LogP contribution in [0.1, 0.15) is 32.4 Å². The maximum absolute atomic E-state index is 13.0. The molecule has 0 radical (unpaired) electrons. The fourth-order valence-corrected chi connectivity index (χ4v) is 1.47. The number of hydrogen-bond donors (Lipinski definition) is 2. The average Bonchev–Trinajstić information content (AvgIpc) is 2.27. The van der Waals surface area contributed by atoms with E-state index in [4.69, 9.17) is 5.73 Å². The molecule has 3 N–H and O–H groups in total. The quantitative estimate of drug-likeness (QED) is 0.842. The number of amides is 1. The van der Waals surface area contributed by atoms with Crippen LogP contribution >= 0.6 is 0 Å². The summed E-state index contributed by atoms with van der Waals surface area (Å²) < 4.78 is 13.0. The standard InChI is InChI=1S/C13H19FN2O/c1-8(2)12(15)13(17)16-9(3)10-5-4-6-11(14)7-10/h4-9,12H,15H2,1-3H3,(H,16,17)/t9-,12+/m1/s1. The number of carbonyl (C=O) groups is 1. The second-order valence-electron chi connectivity index (χ2n) is 4.56. The molecular formula is C13H19FN2O. The molecule has 1 aromatic carbocycles. The summed E-state index contributed by atoms with van der Waals surface area (Å²) in [5.74, 6) is -0.441. The van der Waals surface area contributed by atoms with Gasteiger partial charge in [-0.15, -0.1) is 0 Å². The lowest BCUT2D eigenvalue weighted by Gasteiger charge is -2.20. The summed E-state index contributed by atoms with van der Waals surface area (Å²) in [7, 11) is 0. The fourth-order valence-electron chi connectivity index (χ4n) is 1.47. The first-order valence-corrected chi connectivity index (χ1v) is 5.73. The Hall–Kier alpha value is -1.42. The molecule has 4 heteroatoms. The van der Waals surface area contributed by atoms with Gasteiger partial charge in [-0.2, -0.15) is 0 Å². The van der Waals surface area contributed by atoms with Crippen LogP contribution in [0.5, 0.6) is 0 Å². The Balaban J connectivity index is 2.66. The van der Waals surface area contributed by atoms with E-state index in [0.29, 0.717) is 0 Å². The molecule has 0 saturated carbocycles. The van der Waals surface area contributed by atoms with Gasteiger partial charge >= 0.3 is 0 Å². The van der Waals surface area contributed by atoms with E-state index in [9.17, 15) is 9.18 Å². The molecule has 0 fully saturated rings. The normalized spacial score (nSPS) is 14.5. The smallest absolute Gasteiger partial charge is 0.237 e. The van der Waals surface area contributed by atoms with Crippen molar-refractivity contribution in [3.63, 3.8) is 0 Å². The zero-order valence-electron chi connectivity index (χ0n) is 10.4. The van der Waals surface area contributed by atoms with Gasteiger partial charge in [0.1, 0.15) is 5.82 Å². The van der Waals surface area contributed by atoms with Crippen molar-refractivity contribution in [2.45, 2.75) is 32.9 Å². The Morgan fingerprint density at radius 2 is 2.00 bits per heavy atom. The minimum atomic E-state index is -0.536. The minimum absolute atomic E-state index is 0.0784. The van der Waals surface area contributed by atoms with Crippen LogP contribution in [-0.2, 0) is 4.79 Å². The highest BCUT2D eigenvalue weighted by atomic mass is 19.1. The molecule has 1 aromatic rings. The number of nitrogens with one attached hydrogen (secondary N) is 1. The molecule has 17 heavy (non-hydrogen) atoms. The zero-order chi connectivity index (χ0) is 13.0. The molecule has 0 saturated heterocycles. The van der Waals surface area contributed by atoms with Crippen LogP contribution in [-0.4, -0.2) is 11.9 Å². The summed E-state index contributed by atoms with van der Waals surface area (Å²) in [5.41, 5.74) is 6.46. The van der Waals surface area contributed by atoms with Crippen LogP contribution in [0.25, 0.3) is 0 Å². The molecule has 0 aromatic heterocycles. The van der Waals surface area contributed by atoms with E-state index in [0.717, 1.165) is 5.56 Å². The van der Waals surface area contributed by atoms with Gasteiger partial charge < -0.3 is 11.1 Å². The van der Waals surface area contributed by atoms with Gasteiger partial charge in [-0.1, -0.05) is 26.0 Å². The maximum atomic E-state index is 13.0. The number of nitrogens with two attached hydrogens (primary N) is 1. The first kappa shape index (κ1) is 13.6. The average molecular weight is 238 g/mol. The van der Waals surface area contributed by atoms with Gasteiger partial charge in [-0.05, 0) is 30.5 Å². The molecule has 0 heterocycles. The van der Waals surface area contributed by atoms with E-state index in [1.54, 1.807) is 19.1 Å². The second-order valence-corrected chi connectivity index (χ2v) is 4.56. The van der Waals surface area contributed by atoms with E-state index < -0.39 is 6.04 Å². The third kappa shape index (κ3) is 3.82. The van der Waals surface area contributed by atoms with Gasteiger partial charge in [0.2, 0.25) is 5.91 Å². The van der Waals surface area contributed by atoms with Gasteiger partial charge in [0.25, 0.3) is 0 Å². The molecule has 94 valence electrons. The Morgan fingerprint density at radius 3 is 2.53 bits per heavy atom.